The number of primary amides is 1. The molecule has 49 heavy (non-hydrogen) atoms. The van der Waals surface area contributed by atoms with Crippen LogP contribution in [0.5, 0.6) is 11.5 Å². The van der Waals surface area contributed by atoms with Crippen molar-refractivity contribution in [2.45, 2.75) is 51.4 Å². The number of hydrogen-bond donors (Lipinski definition) is 4. The lowest BCUT2D eigenvalue weighted by Gasteiger charge is -2.33. The lowest BCUT2D eigenvalue weighted by Crippen LogP contribution is -2.51. The highest BCUT2D eigenvalue weighted by atomic mass is 16.3. The molecule has 260 valence electrons. The Morgan fingerprint density at radius 1 is 0.571 bits per heavy atom. The van der Waals surface area contributed by atoms with Crippen LogP contribution in [0.15, 0.2) is 78.9 Å². The van der Waals surface area contributed by atoms with Gasteiger partial charge in [-0.15, -0.1) is 0 Å². The van der Waals surface area contributed by atoms with E-state index >= 15 is 0 Å². The monoisotopic (exact) mass is 672 g/mol. The predicted molar refractivity (Wildman–Crippen MR) is 181 cm³/mol. The Morgan fingerprint density at radius 2 is 0.980 bits per heavy atom. The molecule has 0 radical (unpaired) electrons. The van der Waals surface area contributed by atoms with Gasteiger partial charge in [-0.25, -0.2) is 0 Å². The summed E-state index contributed by atoms with van der Waals surface area (Å²) < 4.78 is 0. The minimum atomic E-state index is -0.717. The molecule has 13 nitrogen and oxygen atoms in total. The first-order valence-electron chi connectivity index (χ1n) is 16.2. The first kappa shape index (κ1) is 36.4. The number of phenols is 2. The van der Waals surface area contributed by atoms with E-state index in [0.717, 1.165) is 31.2 Å². The van der Waals surface area contributed by atoms with Crippen LogP contribution < -0.4 is 11.5 Å². The zero-order chi connectivity index (χ0) is 35.3. The Labute approximate surface area is 285 Å². The summed E-state index contributed by atoms with van der Waals surface area (Å²) >= 11 is 0. The molecule has 0 aliphatic heterocycles. The van der Waals surface area contributed by atoms with Gasteiger partial charge in [-0.05, 0) is 53.8 Å². The number of phenolic OH excluding ortho intramolecular Hbond substituents is 2. The third kappa shape index (κ3) is 11.1. The molecule has 1 aliphatic carbocycles. The summed E-state index contributed by atoms with van der Waals surface area (Å²) in [5, 5.41) is 19.6. The molecule has 1 fully saturated rings. The fourth-order valence-corrected chi connectivity index (χ4v) is 5.86. The molecule has 3 aromatic carbocycles. The number of benzene rings is 3. The van der Waals surface area contributed by atoms with Crippen molar-refractivity contribution in [3.63, 3.8) is 0 Å². The van der Waals surface area contributed by atoms with Gasteiger partial charge < -0.3 is 41.3 Å². The average Bonchev–Trinajstić information content (AvgIpc) is 3.63. The summed E-state index contributed by atoms with van der Waals surface area (Å²) in [5.41, 5.74) is 13.2. The van der Waals surface area contributed by atoms with Gasteiger partial charge in [-0.3, -0.25) is 24.0 Å². The maximum atomic E-state index is 14.1. The highest BCUT2D eigenvalue weighted by molar-refractivity contribution is 5.91. The number of aromatic hydroxyl groups is 2. The molecular weight excluding hydrogens is 628 g/mol. The van der Waals surface area contributed by atoms with E-state index in [1.54, 1.807) is 48.5 Å². The first-order chi connectivity index (χ1) is 23.5. The third-order valence-corrected chi connectivity index (χ3v) is 8.46. The summed E-state index contributed by atoms with van der Waals surface area (Å²) in [6.07, 6.45) is 3.37. The van der Waals surface area contributed by atoms with Crippen LogP contribution in [0.4, 0.5) is 0 Å². The van der Waals surface area contributed by atoms with Gasteiger partial charge in [0.1, 0.15) is 31.1 Å². The second-order valence-corrected chi connectivity index (χ2v) is 12.2. The summed E-state index contributed by atoms with van der Waals surface area (Å²) in [7, 11) is 0. The minimum absolute atomic E-state index is 0.0109. The highest BCUT2D eigenvalue weighted by Crippen LogP contribution is 2.24. The van der Waals surface area contributed by atoms with E-state index in [4.69, 9.17) is 11.5 Å². The first-order valence-corrected chi connectivity index (χ1v) is 16.2. The summed E-state index contributed by atoms with van der Waals surface area (Å²) in [5.74, 6) is -2.60. The molecule has 0 atom stereocenters. The topological polar surface area (TPSA) is 191 Å². The fourth-order valence-electron chi connectivity index (χ4n) is 5.86. The average molecular weight is 673 g/mol. The number of hydrogen-bond acceptors (Lipinski definition) is 8. The summed E-state index contributed by atoms with van der Waals surface area (Å²) in [6, 6.07) is 21.3. The van der Waals surface area contributed by atoms with Crippen molar-refractivity contribution in [2.24, 2.45) is 11.5 Å². The van der Waals surface area contributed by atoms with E-state index in [-0.39, 0.29) is 62.7 Å². The van der Waals surface area contributed by atoms with Gasteiger partial charge in [0.15, 0.2) is 0 Å². The lowest BCUT2D eigenvalue weighted by molar-refractivity contribution is -0.147. The van der Waals surface area contributed by atoms with Crippen molar-refractivity contribution in [3.05, 3.63) is 95.6 Å². The standard InChI is InChI=1S/C36H44N6O7/c37-18-33(46)42(29-8-4-5-9-29)25-36(49)41(21-28-12-16-31(44)17-13-28)24-35(48)40(20-27-10-14-30(43)15-11-27)23-34(47)39(22-32(38)45)19-26-6-2-1-3-7-26/h1-3,6-7,10-17,29,43-44H,4-5,8-9,18-25,37H2,(H2,38,45). The van der Waals surface area contributed by atoms with Crippen molar-refractivity contribution >= 4 is 29.5 Å². The minimum Gasteiger partial charge on any atom is -0.508 e. The molecule has 3 aromatic rings. The van der Waals surface area contributed by atoms with Crippen LogP contribution in [-0.4, -0.2) is 98.1 Å². The van der Waals surface area contributed by atoms with E-state index in [0.29, 0.717) is 11.1 Å². The van der Waals surface area contributed by atoms with E-state index in [2.05, 4.69) is 0 Å². The Balaban J connectivity index is 1.61. The van der Waals surface area contributed by atoms with Gasteiger partial charge in [0.25, 0.3) is 0 Å². The molecule has 0 aromatic heterocycles. The molecular formula is C36H44N6O7. The zero-order valence-electron chi connectivity index (χ0n) is 27.4. The third-order valence-electron chi connectivity index (χ3n) is 8.46. The Hall–Kier alpha value is -5.43. The van der Waals surface area contributed by atoms with Gasteiger partial charge in [-0.1, -0.05) is 67.4 Å². The molecule has 0 unspecified atom stereocenters. The van der Waals surface area contributed by atoms with Crippen LogP contribution in [0.1, 0.15) is 42.4 Å². The fraction of sp³-hybridized carbons (Fsp3) is 0.361. The van der Waals surface area contributed by atoms with Crippen LogP contribution in [0.3, 0.4) is 0 Å². The molecule has 5 amide bonds. The van der Waals surface area contributed by atoms with E-state index in [1.807, 2.05) is 6.07 Å². The SMILES string of the molecule is NCC(=O)N(CC(=O)N(CC(=O)N(CC(=O)N(CC(N)=O)Cc1ccccc1)Cc1ccc(O)cc1)Cc1ccc(O)cc1)C1CCCC1. The van der Waals surface area contributed by atoms with E-state index in [9.17, 15) is 34.2 Å². The van der Waals surface area contributed by atoms with Crippen molar-refractivity contribution in [3.8, 4) is 11.5 Å². The van der Waals surface area contributed by atoms with Crippen LogP contribution in [-0.2, 0) is 43.6 Å². The molecule has 4 rings (SSSR count). The van der Waals surface area contributed by atoms with Crippen LogP contribution in [0, 0.1) is 0 Å². The highest BCUT2D eigenvalue weighted by Gasteiger charge is 2.31. The van der Waals surface area contributed by atoms with Gasteiger partial charge in [0, 0.05) is 25.7 Å². The van der Waals surface area contributed by atoms with Crippen LogP contribution in [0.2, 0.25) is 0 Å². The quantitative estimate of drug-likeness (QED) is 0.177. The smallest absolute Gasteiger partial charge is 0.242 e. The molecule has 0 heterocycles. The molecule has 6 N–H and O–H groups in total. The van der Waals surface area contributed by atoms with Crippen molar-refractivity contribution in [1.82, 2.24) is 19.6 Å². The number of rotatable bonds is 16. The van der Waals surface area contributed by atoms with Gasteiger partial charge in [0.05, 0.1) is 13.1 Å². The number of amides is 5. The predicted octanol–water partition coefficient (Wildman–Crippen LogP) is 1.70. The zero-order valence-corrected chi connectivity index (χ0v) is 27.4. The van der Waals surface area contributed by atoms with E-state index in [1.165, 1.54) is 43.9 Å². The number of carbonyl (C=O) groups is 5. The van der Waals surface area contributed by atoms with Gasteiger partial charge in [0.2, 0.25) is 29.5 Å². The molecule has 1 saturated carbocycles. The van der Waals surface area contributed by atoms with Crippen molar-refractivity contribution in [1.29, 1.82) is 0 Å². The Bertz CT molecular complexity index is 1580. The van der Waals surface area contributed by atoms with Gasteiger partial charge in [-0.2, -0.15) is 0 Å². The molecule has 0 saturated heterocycles. The van der Waals surface area contributed by atoms with Gasteiger partial charge >= 0.3 is 0 Å². The molecule has 13 heteroatoms. The summed E-state index contributed by atoms with van der Waals surface area (Å²) in [6.45, 7) is -1.73. The summed E-state index contributed by atoms with van der Waals surface area (Å²) in [4.78, 5) is 71.9. The Morgan fingerprint density at radius 3 is 1.41 bits per heavy atom. The number of carbonyl (C=O) groups excluding carboxylic acids is 5. The van der Waals surface area contributed by atoms with Crippen LogP contribution >= 0.6 is 0 Å². The largest absolute Gasteiger partial charge is 0.508 e. The number of nitrogens with zero attached hydrogens (tertiary/aromatic N) is 4. The van der Waals surface area contributed by atoms with Crippen molar-refractivity contribution in [2.75, 3.05) is 32.7 Å². The second-order valence-electron chi connectivity index (χ2n) is 12.2. The molecule has 1 aliphatic rings. The maximum absolute atomic E-state index is 14.1. The molecule has 0 bridgehead atoms. The maximum Gasteiger partial charge on any atom is 0.242 e. The van der Waals surface area contributed by atoms with E-state index < -0.39 is 36.7 Å². The van der Waals surface area contributed by atoms with Crippen LogP contribution in [0.25, 0.3) is 0 Å². The second kappa shape index (κ2) is 17.6. The lowest BCUT2D eigenvalue weighted by atomic mass is 10.1. The molecule has 0 spiro atoms. The van der Waals surface area contributed by atoms with Crippen molar-refractivity contribution < 1.29 is 34.2 Å². The number of nitrogens with two attached hydrogens (primary N) is 2. The Kier molecular flexibility index (Phi) is 13.1. The normalized spacial score (nSPS) is 12.7.